The molecule has 5 aliphatic rings. The number of ether oxygens (including phenoxy) is 1. The Labute approximate surface area is 195 Å². The van der Waals surface area contributed by atoms with Crippen molar-refractivity contribution in [2.75, 3.05) is 18.5 Å². The van der Waals surface area contributed by atoms with Crippen LogP contribution < -0.4 is 5.32 Å². The molecule has 0 radical (unpaired) electrons. The van der Waals surface area contributed by atoms with E-state index in [9.17, 15) is 9.90 Å². The minimum atomic E-state index is -0.0281. The maximum Gasteiger partial charge on any atom is 0.192 e. The number of fused-ring (bicyclic) bond motifs is 1. The number of anilines is 1. The molecule has 5 nitrogen and oxygen atoms in total. The van der Waals surface area contributed by atoms with Gasteiger partial charge in [-0.25, -0.2) is 0 Å². The SMILES string of the molecule is O=C(COCc1ccccc1)c1cnc2c(c1NC1[C@@H]3CC4C[C@H]1CC(CO)(C4)C3)C=CC2. The van der Waals surface area contributed by atoms with Crippen LogP contribution in [-0.4, -0.2) is 35.1 Å². The molecular formula is C28H32N2O3. The smallest absolute Gasteiger partial charge is 0.192 e. The number of nitrogens with zero attached hydrogens (tertiary/aromatic N) is 1. The summed E-state index contributed by atoms with van der Waals surface area (Å²) < 4.78 is 5.77. The number of aliphatic hydroxyl groups is 1. The van der Waals surface area contributed by atoms with E-state index >= 15 is 0 Å². The molecular weight excluding hydrogens is 412 g/mol. The van der Waals surface area contributed by atoms with Crippen molar-refractivity contribution < 1.29 is 14.6 Å². The number of hydrogen-bond donors (Lipinski definition) is 2. The molecule has 1 heterocycles. The summed E-state index contributed by atoms with van der Waals surface area (Å²) >= 11 is 0. The number of carbonyl (C=O) groups excluding carboxylic acids is 1. The molecule has 3 unspecified atom stereocenters. The topological polar surface area (TPSA) is 71.5 Å². The van der Waals surface area contributed by atoms with Gasteiger partial charge >= 0.3 is 0 Å². The molecule has 1 aromatic carbocycles. The first-order valence-corrected chi connectivity index (χ1v) is 12.3. The van der Waals surface area contributed by atoms with E-state index in [1.165, 1.54) is 19.3 Å². The number of aliphatic hydroxyl groups excluding tert-OH is 1. The normalized spacial score (nSPS) is 31.1. The van der Waals surface area contributed by atoms with E-state index in [1.54, 1.807) is 6.20 Å². The Balaban J connectivity index is 1.23. The van der Waals surface area contributed by atoms with E-state index in [0.717, 1.165) is 47.7 Å². The number of carbonyl (C=O) groups is 1. The summed E-state index contributed by atoms with van der Waals surface area (Å²) in [6.45, 7) is 0.783. The number of pyridine rings is 1. The Kier molecular flexibility index (Phi) is 5.34. The highest BCUT2D eigenvalue weighted by atomic mass is 16.5. The zero-order valence-corrected chi connectivity index (χ0v) is 19.0. The van der Waals surface area contributed by atoms with Crippen LogP contribution in [0.4, 0.5) is 5.69 Å². The minimum absolute atomic E-state index is 0.0281. The number of ketones is 1. The monoisotopic (exact) mass is 444 g/mol. The lowest BCUT2D eigenvalue weighted by Crippen LogP contribution is -2.57. The average molecular weight is 445 g/mol. The van der Waals surface area contributed by atoms with E-state index in [1.807, 2.05) is 30.3 Å². The molecule has 2 aromatic rings. The number of aromatic nitrogens is 1. The van der Waals surface area contributed by atoms with E-state index < -0.39 is 0 Å². The summed E-state index contributed by atoms with van der Waals surface area (Å²) in [5, 5.41) is 14.0. The largest absolute Gasteiger partial charge is 0.396 e. The second-order valence-electron chi connectivity index (χ2n) is 10.7. The van der Waals surface area contributed by atoms with E-state index in [0.29, 0.717) is 36.7 Å². The maximum atomic E-state index is 13.2. The highest BCUT2D eigenvalue weighted by Gasteiger charge is 2.55. The molecule has 0 spiro atoms. The minimum Gasteiger partial charge on any atom is -0.396 e. The summed E-state index contributed by atoms with van der Waals surface area (Å²) in [6.07, 6.45) is 12.7. The fourth-order valence-electron chi connectivity index (χ4n) is 7.27. The fourth-order valence-corrected chi connectivity index (χ4v) is 7.27. The van der Waals surface area contributed by atoms with Crippen LogP contribution in [0.3, 0.4) is 0 Å². The van der Waals surface area contributed by atoms with E-state index in [2.05, 4.69) is 22.5 Å². The molecule has 1 aromatic heterocycles. The second-order valence-corrected chi connectivity index (χ2v) is 10.7. The van der Waals surface area contributed by atoms with Gasteiger partial charge in [0.1, 0.15) is 6.61 Å². The van der Waals surface area contributed by atoms with Crippen LogP contribution in [0.2, 0.25) is 0 Å². The molecule has 4 saturated carbocycles. The zero-order valence-electron chi connectivity index (χ0n) is 19.0. The number of Topliss-reactive ketones (excluding diaryl/α,β-unsaturated/α-hetero) is 1. The molecule has 172 valence electrons. The summed E-state index contributed by atoms with van der Waals surface area (Å²) in [7, 11) is 0. The third-order valence-corrected chi connectivity index (χ3v) is 8.49. The van der Waals surface area contributed by atoms with Crippen molar-refractivity contribution in [2.45, 2.75) is 51.2 Å². The first-order valence-electron chi connectivity index (χ1n) is 12.3. The number of hydrogen-bond acceptors (Lipinski definition) is 5. The molecule has 5 atom stereocenters. The van der Waals surface area contributed by atoms with Crippen molar-refractivity contribution in [3.05, 3.63) is 65.0 Å². The summed E-state index contributed by atoms with van der Waals surface area (Å²) in [5.74, 6) is 1.85. The Morgan fingerprint density at radius 1 is 1.15 bits per heavy atom. The Bertz CT molecular complexity index is 1060. The van der Waals surface area contributed by atoms with Crippen LogP contribution in [0, 0.1) is 23.2 Å². The van der Waals surface area contributed by atoms with E-state index in [-0.39, 0.29) is 17.8 Å². The number of rotatable bonds is 8. The van der Waals surface area contributed by atoms with Gasteiger partial charge in [-0.3, -0.25) is 9.78 Å². The molecule has 33 heavy (non-hydrogen) atoms. The standard InChI is InChI=1S/C28H32N2O3/c31-17-28-11-19-9-20(12-28)26(21(10-19)13-28)30-27-22-7-4-8-24(22)29-14-23(27)25(32)16-33-15-18-5-2-1-3-6-18/h1-7,14,19-21,26,31H,8-13,15-17H2,(H,29,30)/t19?,20-,21+,26?,28?. The van der Waals surface area contributed by atoms with Crippen LogP contribution in [0.1, 0.15) is 59.3 Å². The zero-order chi connectivity index (χ0) is 22.4. The fraction of sp³-hybridized carbons (Fsp3) is 0.500. The predicted molar refractivity (Wildman–Crippen MR) is 128 cm³/mol. The van der Waals surface area contributed by atoms with Crippen molar-refractivity contribution in [2.24, 2.45) is 23.2 Å². The van der Waals surface area contributed by atoms with Crippen molar-refractivity contribution >= 4 is 17.5 Å². The molecule has 2 N–H and O–H groups in total. The van der Waals surface area contributed by atoms with Crippen LogP contribution in [0.5, 0.6) is 0 Å². The molecule has 7 rings (SSSR count). The van der Waals surface area contributed by atoms with Gasteiger partial charge in [0, 0.05) is 30.8 Å². The predicted octanol–water partition coefficient (Wildman–Crippen LogP) is 4.65. The molecule has 0 amide bonds. The van der Waals surface area contributed by atoms with Gasteiger partial charge in [0.2, 0.25) is 0 Å². The maximum absolute atomic E-state index is 13.2. The molecule has 4 fully saturated rings. The highest BCUT2D eigenvalue weighted by Crippen LogP contribution is 2.60. The second kappa shape index (κ2) is 8.37. The molecule has 4 bridgehead atoms. The molecule has 5 aliphatic carbocycles. The number of nitrogens with one attached hydrogen (secondary N) is 1. The Morgan fingerprint density at radius 2 is 1.94 bits per heavy atom. The van der Waals surface area contributed by atoms with Gasteiger partial charge in [-0.15, -0.1) is 0 Å². The van der Waals surface area contributed by atoms with Crippen LogP contribution >= 0.6 is 0 Å². The molecule has 5 heteroatoms. The number of benzene rings is 1. The van der Waals surface area contributed by atoms with Gasteiger partial charge in [-0.05, 0) is 60.8 Å². The van der Waals surface area contributed by atoms with Crippen LogP contribution in [-0.2, 0) is 17.8 Å². The Morgan fingerprint density at radius 3 is 2.70 bits per heavy atom. The lowest BCUT2D eigenvalue weighted by molar-refractivity contribution is -0.0868. The first kappa shape index (κ1) is 21.1. The number of allylic oxidation sites excluding steroid dienone is 1. The molecule has 0 saturated heterocycles. The average Bonchev–Trinajstić information content (AvgIpc) is 3.31. The van der Waals surface area contributed by atoms with Crippen LogP contribution in [0.25, 0.3) is 6.08 Å². The first-order chi connectivity index (χ1) is 16.1. The summed E-state index contributed by atoms with van der Waals surface area (Å²) in [6, 6.07) is 10.3. The van der Waals surface area contributed by atoms with Crippen molar-refractivity contribution in [1.29, 1.82) is 0 Å². The van der Waals surface area contributed by atoms with Crippen molar-refractivity contribution in [3.8, 4) is 0 Å². The van der Waals surface area contributed by atoms with E-state index in [4.69, 9.17) is 4.74 Å². The quantitative estimate of drug-likeness (QED) is 0.580. The third-order valence-electron chi connectivity index (χ3n) is 8.49. The van der Waals surface area contributed by atoms with Crippen molar-refractivity contribution in [3.63, 3.8) is 0 Å². The highest BCUT2D eigenvalue weighted by molar-refractivity contribution is 6.03. The summed E-state index contributed by atoms with van der Waals surface area (Å²) in [5.41, 5.74) is 4.88. The van der Waals surface area contributed by atoms with Gasteiger partial charge in [-0.1, -0.05) is 42.5 Å². The lowest BCUT2D eigenvalue weighted by Gasteiger charge is -2.60. The third kappa shape index (κ3) is 3.81. The van der Waals surface area contributed by atoms with Crippen LogP contribution in [0.15, 0.2) is 42.6 Å². The molecule has 0 aliphatic heterocycles. The lowest BCUT2D eigenvalue weighted by atomic mass is 9.48. The van der Waals surface area contributed by atoms with Crippen molar-refractivity contribution in [1.82, 2.24) is 4.98 Å². The van der Waals surface area contributed by atoms with Gasteiger partial charge in [0.15, 0.2) is 5.78 Å². The van der Waals surface area contributed by atoms with Gasteiger partial charge in [0.05, 0.1) is 23.6 Å². The van der Waals surface area contributed by atoms with Gasteiger partial charge in [0.25, 0.3) is 0 Å². The van der Waals surface area contributed by atoms with Gasteiger partial charge < -0.3 is 15.2 Å². The Hall–Kier alpha value is -2.50. The van der Waals surface area contributed by atoms with Gasteiger partial charge in [-0.2, -0.15) is 0 Å². The summed E-state index contributed by atoms with van der Waals surface area (Å²) in [4.78, 5) is 17.8.